The third-order valence-corrected chi connectivity index (χ3v) is 3.46. The van der Waals surface area contributed by atoms with Crippen molar-refractivity contribution in [2.24, 2.45) is 0 Å². The first-order chi connectivity index (χ1) is 9.02. The van der Waals surface area contributed by atoms with Gasteiger partial charge in [0, 0.05) is 0 Å². The van der Waals surface area contributed by atoms with Gasteiger partial charge < -0.3 is 18.9 Å². The molecule has 0 aromatic carbocycles. The molecule has 2 saturated heterocycles. The zero-order chi connectivity index (χ0) is 15.3. The molecule has 0 radical (unpaired) electrons. The van der Waals surface area contributed by atoms with Crippen LogP contribution in [0.4, 0.5) is 0 Å². The first-order valence-electron chi connectivity index (χ1n) is 6.12. The molecule has 2 aliphatic rings. The molecule has 20 heavy (non-hydrogen) atoms. The number of hydrogen-bond acceptors (Lipinski definition) is 6. The molecule has 2 aliphatic heterocycles. The molecule has 0 aromatic heterocycles. The van der Waals surface area contributed by atoms with Gasteiger partial charge in [0.1, 0.15) is 12.2 Å². The van der Waals surface area contributed by atoms with Crippen molar-refractivity contribution in [3.8, 4) is 0 Å². The summed E-state index contributed by atoms with van der Waals surface area (Å²) in [6.45, 7) is 6.55. The summed E-state index contributed by atoms with van der Waals surface area (Å²) in [5, 5.41) is -1.45. The highest BCUT2D eigenvalue weighted by molar-refractivity contribution is 6.65. The lowest BCUT2D eigenvalue weighted by Crippen LogP contribution is -2.45. The molecule has 2 fully saturated rings. The number of carbonyl (C=O) groups excluding carboxylic acids is 2. The van der Waals surface area contributed by atoms with Gasteiger partial charge in [0.15, 0.2) is 23.8 Å². The van der Waals surface area contributed by atoms with E-state index in [0.29, 0.717) is 0 Å². The Labute approximate surface area is 126 Å². The Morgan fingerprint density at radius 1 is 0.750 bits per heavy atom. The lowest BCUT2D eigenvalue weighted by Gasteiger charge is -2.23. The van der Waals surface area contributed by atoms with Gasteiger partial charge in [-0.3, -0.25) is 9.59 Å². The van der Waals surface area contributed by atoms with Crippen LogP contribution in [0.5, 0.6) is 0 Å². The van der Waals surface area contributed by atoms with Crippen molar-refractivity contribution >= 4 is 33.7 Å². The van der Waals surface area contributed by atoms with Crippen molar-refractivity contribution in [1.82, 2.24) is 0 Å². The molecule has 2 heterocycles. The zero-order valence-corrected chi connectivity index (χ0v) is 13.0. The van der Waals surface area contributed by atoms with Crippen LogP contribution in [0.15, 0.2) is 0 Å². The molecule has 3 unspecified atom stereocenters. The summed E-state index contributed by atoms with van der Waals surface area (Å²) in [7, 11) is 0. The Balaban J connectivity index is 2.28. The summed E-state index contributed by atoms with van der Waals surface area (Å²) in [6.07, 6.45) is -3.84. The average molecular weight is 327 g/mol. The van der Waals surface area contributed by atoms with Crippen LogP contribution in [0.1, 0.15) is 27.7 Å². The average Bonchev–Trinajstić information content (AvgIpc) is 2.75. The van der Waals surface area contributed by atoms with Crippen molar-refractivity contribution in [3.05, 3.63) is 0 Å². The number of carbonyl (C=O) groups is 2. The van der Waals surface area contributed by atoms with Crippen LogP contribution < -0.4 is 0 Å². The SMILES string of the molecule is CC1(C)OC(C(=O)Cl)C([C@H]2OC(C)(C)OC2C(=O)Cl)O1. The first-order valence-corrected chi connectivity index (χ1v) is 6.88. The van der Waals surface area contributed by atoms with Gasteiger partial charge in [0.05, 0.1) is 0 Å². The summed E-state index contributed by atoms with van der Waals surface area (Å²) in [5.74, 6) is -2.04. The van der Waals surface area contributed by atoms with E-state index in [2.05, 4.69) is 0 Å². The van der Waals surface area contributed by atoms with E-state index < -0.39 is 46.5 Å². The fourth-order valence-corrected chi connectivity index (χ4v) is 2.75. The molecular weight excluding hydrogens is 311 g/mol. The van der Waals surface area contributed by atoms with Crippen molar-refractivity contribution in [2.45, 2.75) is 63.7 Å². The van der Waals surface area contributed by atoms with E-state index in [1.54, 1.807) is 27.7 Å². The highest BCUT2D eigenvalue weighted by Gasteiger charge is 2.57. The van der Waals surface area contributed by atoms with E-state index in [-0.39, 0.29) is 0 Å². The van der Waals surface area contributed by atoms with Gasteiger partial charge in [0.25, 0.3) is 10.5 Å². The van der Waals surface area contributed by atoms with Crippen LogP contribution in [-0.4, -0.2) is 46.5 Å². The second kappa shape index (κ2) is 5.19. The molecule has 0 amide bonds. The molecule has 0 spiro atoms. The highest BCUT2D eigenvalue weighted by Crippen LogP contribution is 2.39. The Morgan fingerprint density at radius 3 is 1.30 bits per heavy atom. The Morgan fingerprint density at radius 2 is 1.05 bits per heavy atom. The second-order valence-corrected chi connectivity index (χ2v) is 6.39. The van der Waals surface area contributed by atoms with E-state index in [0.717, 1.165) is 0 Å². The molecule has 0 saturated carbocycles. The predicted molar refractivity (Wildman–Crippen MR) is 69.4 cm³/mol. The minimum Gasteiger partial charge on any atom is -0.341 e. The fourth-order valence-electron chi connectivity index (χ4n) is 2.41. The lowest BCUT2D eigenvalue weighted by atomic mass is 10.0. The van der Waals surface area contributed by atoms with Gasteiger partial charge in [0.2, 0.25) is 0 Å². The molecule has 0 aliphatic carbocycles. The van der Waals surface area contributed by atoms with E-state index >= 15 is 0 Å². The van der Waals surface area contributed by atoms with Gasteiger partial charge in [-0.15, -0.1) is 0 Å². The third kappa shape index (κ3) is 3.16. The molecular formula is C12H16Cl2O6. The smallest absolute Gasteiger partial charge is 0.253 e. The normalized spacial score (nSPS) is 38.9. The van der Waals surface area contributed by atoms with Gasteiger partial charge in [-0.2, -0.15) is 0 Å². The van der Waals surface area contributed by atoms with Gasteiger partial charge in [-0.25, -0.2) is 0 Å². The molecule has 2 rings (SSSR count). The lowest BCUT2D eigenvalue weighted by molar-refractivity contribution is -0.175. The monoisotopic (exact) mass is 326 g/mol. The van der Waals surface area contributed by atoms with Crippen LogP contribution >= 0.6 is 23.2 Å². The molecule has 0 aromatic rings. The summed E-state index contributed by atoms with van der Waals surface area (Å²) >= 11 is 11.0. The topological polar surface area (TPSA) is 71.1 Å². The molecule has 6 nitrogen and oxygen atoms in total. The maximum Gasteiger partial charge on any atom is 0.253 e. The predicted octanol–water partition coefficient (Wildman–Crippen LogP) is 1.56. The van der Waals surface area contributed by atoms with Crippen LogP contribution in [0.25, 0.3) is 0 Å². The van der Waals surface area contributed by atoms with Crippen molar-refractivity contribution in [2.75, 3.05) is 0 Å². The standard InChI is InChI=1S/C12H16Cl2O6/c1-11(2)17-5(7(19-11)9(13)15)6-8(10(14)16)20-12(3,4)18-6/h5-8H,1-4H3/t5-,6?,7?,8?/m1/s1. The van der Waals surface area contributed by atoms with Crippen molar-refractivity contribution in [3.63, 3.8) is 0 Å². The van der Waals surface area contributed by atoms with E-state index in [1.165, 1.54) is 0 Å². The molecule has 8 heteroatoms. The van der Waals surface area contributed by atoms with Gasteiger partial charge in [-0.05, 0) is 50.9 Å². The fraction of sp³-hybridized carbons (Fsp3) is 0.833. The summed E-state index contributed by atoms with van der Waals surface area (Å²) < 4.78 is 22.1. The van der Waals surface area contributed by atoms with Crippen LogP contribution in [-0.2, 0) is 28.5 Å². The van der Waals surface area contributed by atoms with E-state index in [9.17, 15) is 9.59 Å². The molecule has 0 N–H and O–H groups in total. The van der Waals surface area contributed by atoms with E-state index in [1.807, 2.05) is 0 Å². The van der Waals surface area contributed by atoms with E-state index in [4.69, 9.17) is 42.1 Å². The number of hydrogen-bond donors (Lipinski definition) is 0. The number of halogens is 2. The Hall–Kier alpha value is -0.240. The Bertz CT molecular complexity index is 396. The highest BCUT2D eigenvalue weighted by atomic mass is 35.5. The maximum atomic E-state index is 11.5. The summed E-state index contributed by atoms with van der Waals surface area (Å²) in [6, 6.07) is 0. The summed E-state index contributed by atoms with van der Waals surface area (Å²) in [5.41, 5.74) is 0. The van der Waals surface area contributed by atoms with Crippen molar-refractivity contribution < 1.29 is 28.5 Å². The largest absolute Gasteiger partial charge is 0.341 e. The Kier molecular flexibility index (Phi) is 4.19. The van der Waals surface area contributed by atoms with Crippen LogP contribution in [0, 0.1) is 0 Å². The van der Waals surface area contributed by atoms with Gasteiger partial charge in [-0.1, -0.05) is 0 Å². The molecule has 114 valence electrons. The summed E-state index contributed by atoms with van der Waals surface area (Å²) in [4.78, 5) is 23.0. The molecule has 4 atom stereocenters. The van der Waals surface area contributed by atoms with Crippen molar-refractivity contribution in [1.29, 1.82) is 0 Å². The first kappa shape index (κ1) is 16.1. The number of ether oxygens (including phenoxy) is 4. The number of rotatable bonds is 3. The third-order valence-electron chi connectivity index (χ3n) is 3.03. The maximum absolute atomic E-state index is 11.5. The quantitative estimate of drug-likeness (QED) is 0.733. The van der Waals surface area contributed by atoms with Crippen LogP contribution in [0.2, 0.25) is 0 Å². The second-order valence-electron chi connectivity index (χ2n) is 5.65. The molecule has 0 bridgehead atoms. The minimum atomic E-state index is -1.05. The van der Waals surface area contributed by atoms with Gasteiger partial charge >= 0.3 is 0 Å². The van der Waals surface area contributed by atoms with Crippen LogP contribution in [0.3, 0.4) is 0 Å². The minimum absolute atomic E-state index is 0.727. The zero-order valence-electron chi connectivity index (χ0n) is 11.5.